The molecule has 64 heavy (non-hydrogen) atoms. The van der Waals surface area contributed by atoms with Crippen LogP contribution < -0.4 is 0 Å². The van der Waals surface area contributed by atoms with Crippen LogP contribution in [0, 0.1) is 0 Å². The number of phosphoric ester groups is 1. The van der Waals surface area contributed by atoms with Gasteiger partial charge in [-0.15, -0.1) is 0 Å². The Labute approximate surface area is 395 Å². The number of rotatable bonds is 48. The van der Waals surface area contributed by atoms with Gasteiger partial charge >= 0.3 is 13.8 Å². The lowest BCUT2D eigenvalue weighted by Crippen LogP contribution is -2.37. The van der Waals surface area contributed by atoms with E-state index in [0.29, 0.717) is 24.1 Å². The molecule has 0 aliphatic rings. The Kier molecular flexibility index (Phi) is 45.9. The zero-order valence-corrected chi connectivity index (χ0v) is 43.1. The van der Waals surface area contributed by atoms with Crippen LogP contribution >= 0.6 is 7.82 Å². The van der Waals surface area contributed by atoms with Crippen molar-refractivity contribution in [2.24, 2.45) is 0 Å². The Bertz CT molecular complexity index is 1250. The Morgan fingerprint density at radius 3 is 1.34 bits per heavy atom. The van der Waals surface area contributed by atoms with E-state index in [2.05, 4.69) is 86.8 Å². The molecule has 372 valence electrons. The van der Waals surface area contributed by atoms with Crippen molar-refractivity contribution in [3.63, 3.8) is 0 Å². The van der Waals surface area contributed by atoms with Gasteiger partial charge in [-0.3, -0.25) is 13.8 Å². The number of carbonyl (C=O) groups excluding carboxylic acids is 1. The molecule has 8 nitrogen and oxygen atoms in total. The van der Waals surface area contributed by atoms with E-state index in [-0.39, 0.29) is 25.8 Å². The summed E-state index contributed by atoms with van der Waals surface area (Å²) < 4.78 is 35.1. The first-order valence-electron chi connectivity index (χ1n) is 26.2. The highest BCUT2D eigenvalue weighted by molar-refractivity contribution is 7.47. The van der Waals surface area contributed by atoms with Crippen molar-refractivity contribution in [2.45, 2.75) is 219 Å². The molecule has 0 aromatic rings. The van der Waals surface area contributed by atoms with Gasteiger partial charge in [0.2, 0.25) is 0 Å². The smallest absolute Gasteiger partial charge is 0.457 e. The highest BCUT2D eigenvalue weighted by Gasteiger charge is 2.26. The molecule has 0 saturated carbocycles. The molecule has 0 amide bonds. The average molecular weight is 919 g/mol. The molecule has 2 unspecified atom stereocenters. The van der Waals surface area contributed by atoms with Gasteiger partial charge in [-0.2, -0.15) is 0 Å². The van der Waals surface area contributed by atoms with Crippen molar-refractivity contribution < 1.29 is 37.3 Å². The second-order valence-corrected chi connectivity index (χ2v) is 20.0. The SMILES string of the molecule is CC/C=C\C/C=C\C/C=C\C/C=C\C/C=C\C/C=C\CCCCCOCC(COP(=O)(O)OCC[N+](C)(C)C)OC(=O)CCCCCCCCCCCCCCCCCCCCCC. The highest BCUT2D eigenvalue weighted by atomic mass is 31.2. The third-order valence-electron chi connectivity index (χ3n) is 11.0. The van der Waals surface area contributed by atoms with Gasteiger partial charge in [0.25, 0.3) is 0 Å². The number of esters is 1. The zero-order valence-electron chi connectivity index (χ0n) is 42.3. The van der Waals surface area contributed by atoms with E-state index >= 15 is 0 Å². The lowest BCUT2D eigenvalue weighted by molar-refractivity contribution is -0.870. The van der Waals surface area contributed by atoms with Crippen LogP contribution in [0.15, 0.2) is 72.9 Å². The van der Waals surface area contributed by atoms with Crippen LogP contribution in [0.5, 0.6) is 0 Å². The van der Waals surface area contributed by atoms with Crippen LogP contribution in [0.1, 0.15) is 213 Å². The highest BCUT2D eigenvalue weighted by Crippen LogP contribution is 2.43. The van der Waals surface area contributed by atoms with Crippen molar-refractivity contribution in [1.29, 1.82) is 0 Å². The van der Waals surface area contributed by atoms with Gasteiger partial charge in [-0.1, -0.05) is 215 Å². The zero-order chi connectivity index (χ0) is 46.9. The average Bonchev–Trinajstić information content (AvgIpc) is 3.25. The topological polar surface area (TPSA) is 91.3 Å². The summed E-state index contributed by atoms with van der Waals surface area (Å²) in [6.07, 6.45) is 62.4. The maximum absolute atomic E-state index is 12.8. The number of quaternary nitrogens is 1. The molecule has 0 rings (SSSR count). The largest absolute Gasteiger partial charge is 0.472 e. The molecule has 2 atom stereocenters. The molecule has 0 aromatic heterocycles. The van der Waals surface area contributed by atoms with E-state index in [1.807, 2.05) is 21.1 Å². The minimum atomic E-state index is -4.29. The van der Waals surface area contributed by atoms with Gasteiger partial charge in [0.15, 0.2) is 0 Å². The molecule has 0 saturated heterocycles. The second-order valence-electron chi connectivity index (χ2n) is 18.5. The van der Waals surface area contributed by atoms with Gasteiger partial charge < -0.3 is 18.9 Å². The van der Waals surface area contributed by atoms with Crippen molar-refractivity contribution in [2.75, 3.05) is 54.1 Å². The lowest BCUT2D eigenvalue weighted by Gasteiger charge is -2.24. The standard InChI is InChI=1S/C55H100NO7P/c1-6-8-10-12-14-16-18-20-22-24-26-28-29-31-33-35-37-39-41-43-45-47-50-60-52-54(53-62-64(58,59)61-51-49-56(3,4)5)63-55(57)48-46-44-42-40-38-36-34-32-30-27-25-23-21-19-17-15-13-11-9-7-2/h8,10,14,16,20,22,26,28,31,33,37,39,54H,6-7,9,11-13,15,17-19,21,23-25,27,29-30,32,34-36,38,40-53H2,1-5H3/p+1/b10-8-,16-14-,22-20-,28-26-,33-31-,39-37-. The molecule has 0 spiro atoms. The number of likely N-dealkylation sites (N-methyl/N-ethyl adjacent to an activating group) is 1. The van der Waals surface area contributed by atoms with Crippen LogP contribution in [0.3, 0.4) is 0 Å². The summed E-state index contributed by atoms with van der Waals surface area (Å²) in [6, 6.07) is 0. The first kappa shape index (κ1) is 61.9. The molecule has 0 aliphatic carbocycles. The number of allylic oxidation sites excluding steroid dienone is 12. The number of phosphoric acid groups is 1. The van der Waals surface area contributed by atoms with Gasteiger partial charge in [0.05, 0.1) is 34.4 Å². The van der Waals surface area contributed by atoms with Crippen molar-refractivity contribution in [3.8, 4) is 0 Å². The summed E-state index contributed by atoms with van der Waals surface area (Å²) in [5.74, 6) is -0.324. The molecular formula is C55H101NO7P+. The minimum absolute atomic E-state index is 0.0796. The fourth-order valence-electron chi connectivity index (χ4n) is 7.03. The van der Waals surface area contributed by atoms with Crippen LogP contribution in [0.2, 0.25) is 0 Å². The predicted octanol–water partition coefficient (Wildman–Crippen LogP) is 16.2. The van der Waals surface area contributed by atoms with E-state index < -0.39 is 13.9 Å². The molecule has 0 aromatic carbocycles. The quantitative estimate of drug-likeness (QED) is 0.0214. The van der Waals surface area contributed by atoms with Gasteiger partial charge in [-0.25, -0.2) is 4.57 Å². The monoisotopic (exact) mass is 919 g/mol. The molecule has 9 heteroatoms. The Hall–Kier alpha value is -2.06. The predicted molar refractivity (Wildman–Crippen MR) is 275 cm³/mol. The number of carbonyl (C=O) groups is 1. The molecule has 0 fully saturated rings. The normalized spacial score (nSPS) is 14.2. The first-order valence-corrected chi connectivity index (χ1v) is 27.7. The summed E-state index contributed by atoms with van der Waals surface area (Å²) in [6.45, 7) is 5.44. The van der Waals surface area contributed by atoms with E-state index in [0.717, 1.165) is 83.5 Å². The number of nitrogens with zero attached hydrogens (tertiary/aromatic N) is 1. The fourth-order valence-corrected chi connectivity index (χ4v) is 7.77. The van der Waals surface area contributed by atoms with Crippen molar-refractivity contribution in [1.82, 2.24) is 0 Å². The molecular weight excluding hydrogens is 818 g/mol. The number of hydrogen-bond donors (Lipinski definition) is 1. The minimum Gasteiger partial charge on any atom is -0.457 e. The molecule has 0 bridgehead atoms. The van der Waals surface area contributed by atoms with Gasteiger partial charge in [0, 0.05) is 13.0 Å². The van der Waals surface area contributed by atoms with Crippen LogP contribution in [0.25, 0.3) is 0 Å². The Morgan fingerprint density at radius 2 is 0.906 bits per heavy atom. The number of hydrogen-bond acceptors (Lipinski definition) is 6. The lowest BCUT2D eigenvalue weighted by atomic mass is 10.0. The van der Waals surface area contributed by atoms with Crippen molar-refractivity contribution in [3.05, 3.63) is 72.9 Å². The summed E-state index contributed by atoms with van der Waals surface area (Å²) in [4.78, 5) is 23.0. The van der Waals surface area contributed by atoms with E-state index in [1.165, 1.54) is 109 Å². The number of unbranched alkanes of at least 4 members (excludes halogenated alkanes) is 22. The maximum Gasteiger partial charge on any atom is 0.472 e. The maximum atomic E-state index is 12.8. The third kappa shape index (κ3) is 50.9. The summed E-state index contributed by atoms with van der Waals surface area (Å²) >= 11 is 0. The number of ether oxygens (including phenoxy) is 2. The third-order valence-corrected chi connectivity index (χ3v) is 12.0. The fraction of sp³-hybridized carbons (Fsp3) is 0.764. The molecule has 0 heterocycles. The second kappa shape index (κ2) is 47.4. The van der Waals surface area contributed by atoms with Gasteiger partial charge in [-0.05, 0) is 64.2 Å². The summed E-state index contributed by atoms with van der Waals surface area (Å²) in [5.41, 5.74) is 0. The van der Waals surface area contributed by atoms with Gasteiger partial charge in [0.1, 0.15) is 19.3 Å². The molecule has 1 N–H and O–H groups in total. The summed E-state index contributed by atoms with van der Waals surface area (Å²) in [5, 5.41) is 0. The van der Waals surface area contributed by atoms with Crippen LogP contribution in [-0.2, 0) is 27.9 Å². The van der Waals surface area contributed by atoms with E-state index in [9.17, 15) is 14.3 Å². The summed E-state index contributed by atoms with van der Waals surface area (Å²) in [7, 11) is 1.64. The van der Waals surface area contributed by atoms with Crippen LogP contribution in [-0.4, -0.2) is 75.6 Å². The van der Waals surface area contributed by atoms with Crippen LogP contribution in [0.4, 0.5) is 0 Å². The first-order chi connectivity index (χ1) is 31.1. The Balaban J connectivity index is 4.21. The molecule has 0 radical (unpaired) electrons. The Morgan fingerprint density at radius 1 is 0.500 bits per heavy atom. The van der Waals surface area contributed by atoms with Crippen molar-refractivity contribution >= 4 is 13.8 Å². The molecule has 0 aliphatic heterocycles. The van der Waals surface area contributed by atoms with E-state index in [1.54, 1.807) is 0 Å². The van der Waals surface area contributed by atoms with E-state index in [4.69, 9.17) is 18.5 Å².